The third-order valence-electron chi connectivity index (χ3n) is 7.19. The first-order valence-electron chi connectivity index (χ1n) is 12.7. The maximum Gasteiger partial charge on any atom is 0.290 e. The highest BCUT2D eigenvalue weighted by Gasteiger charge is 2.37. The van der Waals surface area contributed by atoms with Crippen molar-refractivity contribution in [2.45, 2.75) is 83.1 Å². The molecule has 0 N–H and O–H groups in total. The summed E-state index contributed by atoms with van der Waals surface area (Å²) in [7, 11) is 4.76. The first-order valence-corrected chi connectivity index (χ1v) is 12.7. The van der Waals surface area contributed by atoms with Gasteiger partial charge in [0.05, 0.1) is 27.4 Å². The molecule has 7 heteroatoms. The number of ether oxygens (including phenoxy) is 3. The van der Waals surface area contributed by atoms with Crippen LogP contribution in [-0.4, -0.2) is 56.3 Å². The summed E-state index contributed by atoms with van der Waals surface area (Å²) in [5, 5.41) is 0. The third kappa shape index (κ3) is 6.30. The van der Waals surface area contributed by atoms with Crippen molar-refractivity contribution in [3.8, 4) is 17.2 Å². The highest BCUT2D eigenvalue weighted by atomic mass is 16.5. The summed E-state index contributed by atoms with van der Waals surface area (Å²) in [4.78, 5) is 40.4. The van der Waals surface area contributed by atoms with E-state index < -0.39 is 11.9 Å². The number of methoxy groups -OCH3 is 3. The fraction of sp³-hybridized carbons (Fsp3) is 0.667. The Kier molecular flexibility index (Phi) is 9.78. The number of nitrogens with zero attached hydrogens (tertiary/aromatic N) is 1. The van der Waals surface area contributed by atoms with E-state index in [1.165, 1.54) is 0 Å². The summed E-state index contributed by atoms with van der Waals surface area (Å²) in [5.41, 5.74) is 1.05. The predicted octanol–water partition coefficient (Wildman–Crippen LogP) is 4.52. The third-order valence-corrected chi connectivity index (χ3v) is 7.19. The van der Waals surface area contributed by atoms with E-state index in [2.05, 4.69) is 0 Å². The van der Waals surface area contributed by atoms with Crippen molar-refractivity contribution in [2.24, 2.45) is 5.92 Å². The van der Waals surface area contributed by atoms with Crippen molar-refractivity contribution in [3.05, 3.63) is 17.7 Å². The maximum atomic E-state index is 13.0. The average Bonchev–Trinajstić information content (AvgIpc) is 2.89. The van der Waals surface area contributed by atoms with Crippen molar-refractivity contribution in [3.63, 3.8) is 0 Å². The van der Waals surface area contributed by atoms with Crippen LogP contribution in [0.15, 0.2) is 12.1 Å². The van der Waals surface area contributed by atoms with Crippen LogP contribution < -0.4 is 14.2 Å². The minimum atomic E-state index is -0.449. The highest BCUT2D eigenvalue weighted by Crippen LogP contribution is 2.38. The molecule has 7 nitrogen and oxygen atoms in total. The number of Topliss-reactive ketones (excluding diaryl/α,β-unsaturated/α-hetero) is 2. The number of benzene rings is 1. The van der Waals surface area contributed by atoms with E-state index >= 15 is 0 Å². The zero-order valence-corrected chi connectivity index (χ0v) is 20.9. The molecular weight excluding hydrogens is 434 g/mol. The Bertz CT molecular complexity index is 836. The molecule has 1 aliphatic heterocycles. The second-order valence-corrected chi connectivity index (χ2v) is 9.42. The van der Waals surface area contributed by atoms with Crippen LogP contribution in [0.5, 0.6) is 17.2 Å². The number of likely N-dealkylation sites (tertiary alicyclic amines) is 1. The Labute approximate surface area is 203 Å². The molecule has 0 bridgehead atoms. The smallest absolute Gasteiger partial charge is 0.290 e. The minimum absolute atomic E-state index is 0.0781. The minimum Gasteiger partial charge on any atom is -0.493 e. The van der Waals surface area contributed by atoms with Gasteiger partial charge in [0.15, 0.2) is 17.3 Å². The molecule has 1 unspecified atom stereocenters. The molecule has 0 radical (unpaired) electrons. The quantitative estimate of drug-likeness (QED) is 0.347. The molecule has 1 amide bonds. The normalized spacial score (nSPS) is 18.9. The van der Waals surface area contributed by atoms with Crippen LogP contribution >= 0.6 is 0 Å². The molecule has 2 fully saturated rings. The number of ketones is 2. The number of unbranched alkanes of at least 4 members (excludes halogenated alkanes) is 1. The SMILES string of the molecule is COc1cc(CCCCC(=O)C2CCCCN2C(=O)C(=O)C2CCCCC2)cc(OC)c1OC. The van der Waals surface area contributed by atoms with Crippen LogP contribution in [0.4, 0.5) is 0 Å². The van der Waals surface area contributed by atoms with Gasteiger partial charge in [-0.2, -0.15) is 0 Å². The topological polar surface area (TPSA) is 82.1 Å². The molecule has 0 spiro atoms. The van der Waals surface area contributed by atoms with Gasteiger partial charge in [-0.1, -0.05) is 19.3 Å². The van der Waals surface area contributed by atoms with Gasteiger partial charge in [-0.3, -0.25) is 14.4 Å². The van der Waals surface area contributed by atoms with Crippen molar-refractivity contribution in [2.75, 3.05) is 27.9 Å². The Hall–Kier alpha value is -2.57. The maximum absolute atomic E-state index is 13.0. The van der Waals surface area contributed by atoms with Crippen molar-refractivity contribution in [1.29, 1.82) is 0 Å². The van der Waals surface area contributed by atoms with Gasteiger partial charge in [0.2, 0.25) is 11.5 Å². The summed E-state index contributed by atoms with van der Waals surface area (Å²) < 4.78 is 16.2. The molecule has 3 rings (SSSR count). The van der Waals surface area contributed by atoms with Crippen LogP contribution in [-0.2, 0) is 20.8 Å². The standard InChI is InChI=1S/C27H39NO6/c1-32-23-17-19(18-24(33-2)26(23)34-3)11-7-8-15-22(29)21-14-9-10-16-28(21)27(31)25(30)20-12-5-4-6-13-20/h17-18,20-21H,4-16H2,1-3H3. The second kappa shape index (κ2) is 12.8. The molecule has 34 heavy (non-hydrogen) atoms. The predicted molar refractivity (Wildman–Crippen MR) is 130 cm³/mol. The van der Waals surface area contributed by atoms with E-state index in [4.69, 9.17) is 14.2 Å². The Morgan fingerprint density at radius 1 is 0.853 bits per heavy atom. The van der Waals surface area contributed by atoms with Crippen LogP contribution in [0.2, 0.25) is 0 Å². The van der Waals surface area contributed by atoms with Crippen LogP contribution in [0, 0.1) is 5.92 Å². The first kappa shape index (κ1) is 26.0. The molecule has 1 heterocycles. The largest absolute Gasteiger partial charge is 0.493 e. The lowest BCUT2D eigenvalue weighted by atomic mass is 9.85. The van der Waals surface area contributed by atoms with E-state index in [0.29, 0.717) is 36.6 Å². The van der Waals surface area contributed by atoms with Crippen molar-refractivity contribution in [1.82, 2.24) is 4.90 Å². The molecule has 2 aliphatic rings. The number of amides is 1. The fourth-order valence-electron chi connectivity index (χ4n) is 5.27. The lowest BCUT2D eigenvalue weighted by molar-refractivity contribution is -0.151. The molecule has 1 aromatic rings. The summed E-state index contributed by atoms with van der Waals surface area (Å²) in [6, 6.07) is 3.42. The Morgan fingerprint density at radius 3 is 2.12 bits per heavy atom. The van der Waals surface area contributed by atoms with E-state index in [-0.39, 0.29) is 17.5 Å². The number of hydrogen-bond donors (Lipinski definition) is 0. The Morgan fingerprint density at radius 2 is 1.50 bits per heavy atom. The molecule has 0 aromatic heterocycles. The van der Waals surface area contributed by atoms with E-state index in [9.17, 15) is 14.4 Å². The number of hydrogen-bond acceptors (Lipinski definition) is 6. The second-order valence-electron chi connectivity index (χ2n) is 9.42. The molecule has 1 aromatic carbocycles. The number of carbonyl (C=O) groups excluding carboxylic acids is 3. The van der Waals surface area contributed by atoms with Gasteiger partial charge in [-0.25, -0.2) is 0 Å². The first-order chi connectivity index (χ1) is 16.5. The zero-order valence-electron chi connectivity index (χ0n) is 20.9. The number of aryl methyl sites for hydroxylation is 1. The number of rotatable bonds is 11. The monoisotopic (exact) mass is 473 g/mol. The van der Waals surface area contributed by atoms with E-state index in [1.807, 2.05) is 12.1 Å². The summed E-state index contributed by atoms with van der Waals surface area (Å²) in [6.45, 7) is 0.513. The number of carbonyl (C=O) groups is 3. The van der Waals surface area contributed by atoms with Gasteiger partial charge in [0.1, 0.15) is 0 Å². The number of piperidine rings is 1. The van der Waals surface area contributed by atoms with Crippen LogP contribution in [0.1, 0.15) is 76.2 Å². The van der Waals surface area contributed by atoms with Gasteiger partial charge in [0.25, 0.3) is 5.91 Å². The van der Waals surface area contributed by atoms with Gasteiger partial charge in [-0.05, 0) is 69.1 Å². The molecule has 1 saturated carbocycles. The van der Waals surface area contributed by atoms with Crippen LogP contribution in [0.25, 0.3) is 0 Å². The van der Waals surface area contributed by atoms with E-state index in [0.717, 1.165) is 69.8 Å². The summed E-state index contributed by atoms with van der Waals surface area (Å²) in [6.07, 6.45) is 9.95. The Balaban J connectivity index is 1.54. The van der Waals surface area contributed by atoms with Crippen molar-refractivity contribution < 1.29 is 28.6 Å². The molecule has 1 saturated heterocycles. The average molecular weight is 474 g/mol. The van der Waals surface area contributed by atoms with Gasteiger partial charge in [-0.15, -0.1) is 0 Å². The molecular formula is C27H39NO6. The lowest BCUT2D eigenvalue weighted by Crippen LogP contribution is -2.51. The highest BCUT2D eigenvalue weighted by molar-refractivity contribution is 6.37. The molecule has 188 valence electrons. The van der Waals surface area contributed by atoms with E-state index in [1.54, 1.807) is 26.2 Å². The fourth-order valence-corrected chi connectivity index (χ4v) is 5.27. The molecule has 1 atom stereocenters. The lowest BCUT2D eigenvalue weighted by Gasteiger charge is -2.35. The van der Waals surface area contributed by atoms with Gasteiger partial charge >= 0.3 is 0 Å². The van der Waals surface area contributed by atoms with Crippen LogP contribution in [0.3, 0.4) is 0 Å². The van der Waals surface area contributed by atoms with Crippen molar-refractivity contribution >= 4 is 17.5 Å². The van der Waals surface area contributed by atoms with Gasteiger partial charge in [0, 0.05) is 18.9 Å². The molecule has 1 aliphatic carbocycles. The summed E-state index contributed by atoms with van der Waals surface area (Å²) >= 11 is 0. The zero-order chi connectivity index (χ0) is 24.5. The summed E-state index contributed by atoms with van der Waals surface area (Å²) in [5.74, 6) is 1.02. The van der Waals surface area contributed by atoms with Gasteiger partial charge < -0.3 is 19.1 Å².